The number of rotatable bonds is 4. The first-order valence-corrected chi connectivity index (χ1v) is 11.1. The van der Waals surface area contributed by atoms with Gasteiger partial charge < -0.3 is 4.90 Å². The highest BCUT2D eigenvalue weighted by Crippen LogP contribution is 2.48. The maximum Gasteiger partial charge on any atom is 0.228 e. The number of ketones is 1. The van der Waals surface area contributed by atoms with Crippen molar-refractivity contribution in [3.05, 3.63) is 63.1 Å². The van der Waals surface area contributed by atoms with E-state index in [2.05, 4.69) is 0 Å². The number of benzene rings is 2. The highest BCUT2D eigenvalue weighted by atomic mass is 35.5. The number of fused-ring (bicyclic) bond motifs is 1. The zero-order valence-electron chi connectivity index (χ0n) is 14.4. The van der Waals surface area contributed by atoms with Crippen LogP contribution < -0.4 is 0 Å². The van der Waals surface area contributed by atoms with Crippen LogP contribution in [-0.4, -0.2) is 36.4 Å². The molecule has 9 heteroatoms. The fraction of sp³-hybridized carbons (Fsp3) is 0.263. The Morgan fingerprint density at radius 2 is 1.57 bits per heavy atom. The average Bonchev–Trinajstić information content (AvgIpc) is 2.83. The highest BCUT2D eigenvalue weighted by molar-refractivity contribution is 7.93. The number of Topliss-reactive ketones (excluding diaryl/α,β-unsaturated/α-hetero) is 1. The van der Waals surface area contributed by atoms with Crippen molar-refractivity contribution in [3.8, 4) is 0 Å². The van der Waals surface area contributed by atoms with Gasteiger partial charge in [0.15, 0.2) is 5.78 Å². The number of carbonyl (C=O) groups excluding carboxylic acids is 2. The molecule has 2 aliphatic rings. The van der Waals surface area contributed by atoms with Gasteiger partial charge in [-0.2, -0.15) is 0 Å². The summed E-state index contributed by atoms with van der Waals surface area (Å²) in [6.07, 6.45) is -0.0929. The van der Waals surface area contributed by atoms with Crippen LogP contribution in [0.4, 0.5) is 0 Å². The lowest BCUT2D eigenvalue weighted by molar-refractivity contribution is -0.150. The van der Waals surface area contributed by atoms with Gasteiger partial charge in [-0.25, -0.2) is 8.42 Å². The van der Waals surface area contributed by atoms with Crippen LogP contribution in [0.15, 0.2) is 47.4 Å². The molecule has 2 saturated heterocycles. The molecule has 4 rings (SSSR count). The number of hydrogen-bond acceptors (Lipinski definition) is 4. The number of hydrogen-bond donors (Lipinski definition) is 0. The van der Waals surface area contributed by atoms with Gasteiger partial charge in [0.05, 0.1) is 11.3 Å². The summed E-state index contributed by atoms with van der Waals surface area (Å²) in [6, 6.07) is 10.5. The maximum absolute atomic E-state index is 13.3. The van der Waals surface area contributed by atoms with Gasteiger partial charge in [-0.05, 0) is 54.4 Å². The molecule has 2 heterocycles. The molecule has 0 aromatic heterocycles. The van der Waals surface area contributed by atoms with E-state index in [1.54, 1.807) is 18.2 Å². The summed E-state index contributed by atoms with van der Waals surface area (Å²) in [6.45, 7) is 0.0502. The molecule has 2 aromatic carbocycles. The van der Waals surface area contributed by atoms with E-state index in [4.69, 9.17) is 34.8 Å². The predicted octanol–water partition coefficient (Wildman–Crippen LogP) is 3.79. The van der Waals surface area contributed by atoms with E-state index >= 15 is 0 Å². The minimum Gasteiger partial charge on any atom is -0.315 e. The SMILES string of the molecule is O=C1CC2(S(=O)(=O)c3ccc(Cl)cc3)C(=O)C(Cc3cc(Cl)cc(Cl)c3)CN12. The zero-order chi connectivity index (χ0) is 20.3. The van der Waals surface area contributed by atoms with Crippen molar-refractivity contribution >= 4 is 56.3 Å². The number of carbonyl (C=O) groups is 2. The van der Waals surface area contributed by atoms with E-state index < -0.39 is 26.4 Å². The van der Waals surface area contributed by atoms with Gasteiger partial charge in [-0.3, -0.25) is 9.59 Å². The van der Waals surface area contributed by atoms with Crippen molar-refractivity contribution in [2.45, 2.75) is 22.6 Å². The molecule has 5 nitrogen and oxygen atoms in total. The van der Waals surface area contributed by atoms with Gasteiger partial charge in [0.25, 0.3) is 0 Å². The summed E-state index contributed by atoms with van der Waals surface area (Å²) in [4.78, 5) is 24.7. The Morgan fingerprint density at radius 3 is 2.14 bits per heavy atom. The van der Waals surface area contributed by atoms with Crippen molar-refractivity contribution in [1.82, 2.24) is 4.90 Å². The summed E-state index contributed by atoms with van der Waals surface area (Å²) < 4.78 is 26.6. The van der Waals surface area contributed by atoms with Crippen LogP contribution >= 0.6 is 34.8 Å². The van der Waals surface area contributed by atoms with E-state index in [1.165, 1.54) is 29.2 Å². The molecule has 2 aliphatic heterocycles. The van der Waals surface area contributed by atoms with Crippen LogP contribution in [0.2, 0.25) is 15.1 Å². The summed E-state index contributed by atoms with van der Waals surface area (Å²) >= 11 is 17.9. The Kier molecular flexibility index (Phi) is 4.74. The van der Waals surface area contributed by atoms with Crippen molar-refractivity contribution in [2.24, 2.45) is 5.92 Å². The monoisotopic (exact) mass is 457 g/mol. The Labute approximate surface area is 177 Å². The molecule has 0 N–H and O–H groups in total. The molecule has 28 heavy (non-hydrogen) atoms. The molecule has 0 radical (unpaired) electrons. The zero-order valence-corrected chi connectivity index (χ0v) is 17.4. The number of sulfone groups is 1. The van der Waals surface area contributed by atoms with E-state index in [1.807, 2.05) is 0 Å². The van der Waals surface area contributed by atoms with Gasteiger partial charge in [0.1, 0.15) is 0 Å². The second-order valence-electron chi connectivity index (χ2n) is 6.97. The van der Waals surface area contributed by atoms with Crippen LogP contribution in [-0.2, 0) is 25.8 Å². The molecule has 0 saturated carbocycles. The third kappa shape index (κ3) is 2.86. The average molecular weight is 459 g/mol. The normalized spacial score (nSPS) is 24.2. The third-order valence-electron chi connectivity index (χ3n) is 5.26. The van der Waals surface area contributed by atoms with Gasteiger partial charge in [-0.1, -0.05) is 34.8 Å². The minimum atomic E-state index is -4.10. The molecule has 0 aliphatic carbocycles. The molecule has 1 amide bonds. The fourth-order valence-electron chi connectivity index (χ4n) is 3.95. The van der Waals surface area contributed by atoms with Crippen LogP contribution in [0.3, 0.4) is 0 Å². The first-order chi connectivity index (χ1) is 13.1. The molecule has 2 unspecified atom stereocenters. The predicted molar refractivity (Wildman–Crippen MR) is 106 cm³/mol. The number of β-lactam (4-membered cyclic amide) rings is 1. The second kappa shape index (κ2) is 6.73. The van der Waals surface area contributed by atoms with E-state index in [-0.39, 0.29) is 30.2 Å². The van der Waals surface area contributed by atoms with Crippen LogP contribution in [0, 0.1) is 5.92 Å². The van der Waals surface area contributed by atoms with E-state index in [0.29, 0.717) is 20.6 Å². The van der Waals surface area contributed by atoms with Crippen molar-refractivity contribution in [3.63, 3.8) is 0 Å². The molecule has 2 atom stereocenters. The van der Waals surface area contributed by atoms with Crippen LogP contribution in [0.5, 0.6) is 0 Å². The van der Waals surface area contributed by atoms with Crippen molar-refractivity contribution < 1.29 is 18.0 Å². The Balaban J connectivity index is 1.70. The first kappa shape index (κ1) is 19.7. The summed E-state index contributed by atoms with van der Waals surface area (Å²) in [5, 5.41) is 1.23. The van der Waals surface area contributed by atoms with Gasteiger partial charge in [0.2, 0.25) is 20.6 Å². The molecular formula is C19H14Cl3NO4S. The number of halogens is 3. The Hall–Kier alpha value is -1.60. The van der Waals surface area contributed by atoms with E-state index in [0.717, 1.165) is 0 Å². The van der Waals surface area contributed by atoms with Crippen molar-refractivity contribution in [1.29, 1.82) is 0 Å². The summed E-state index contributed by atoms with van der Waals surface area (Å²) in [7, 11) is -4.10. The number of amides is 1. The quantitative estimate of drug-likeness (QED) is 0.654. The molecule has 0 bridgehead atoms. The Morgan fingerprint density at radius 1 is 0.964 bits per heavy atom. The highest BCUT2D eigenvalue weighted by Gasteiger charge is 2.70. The molecule has 2 aromatic rings. The lowest BCUT2D eigenvalue weighted by Gasteiger charge is -2.44. The van der Waals surface area contributed by atoms with Gasteiger partial charge >= 0.3 is 0 Å². The first-order valence-electron chi connectivity index (χ1n) is 8.45. The molecular weight excluding hydrogens is 445 g/mol. The Bertz CT molecular complexity index is 1080. The standard InChI is InChI=1S/C19H14Cl3NO4S/c20-13-1-3-16(4-2-13)28(26,27)19-9-17(24)23(19)10-12(18(19)25)5-11-6-14(21)8-15(22)7-11/h1-4,6-8,12H,5,9-10H2. The smallest absolute Gasteiger partial charge is 0.228 e. The lowest BCUT2D eigenvalue weighted by Crippen LogP contribution is -2.67. The largest absolute Gasteiger partial charge is 0.315 e. The number of nitrogens with zero attached hydrogens (tertiary/aromatic N) is 1. The lowest BCUT2D eigenvalue weighted by atomic mass is 9.93. The molecule has 0 spiro atoms. The summed E-state index contributed by atoms with van der Waals surface area (Å²) in [5.41, 5.74) is 0.713. The molecule has 2 fully saturated rings. The van der Waals surface area contributed by atoms with E-state index in [9.17, 15) is 18.0 Å². The van der Waals surface area contributed by atoms with Gasteiger partial charge in [0, 0.05) is 27.5 Å². The third-order valence-corrected chi connectivity index (χ3v) is 8.30. The summed E-state index contributed by atoms with van der Waals surface area (Å²) in [5.74, 6) is -1.47. The topological polar surface area (TPSA) is 71.5 Å². The van der Waals surface area contributed by atoms with Crippen LogP contribution in [0.1, 0.15) is 12.0 Å². The minimum absolute atomic E-state index is 0.0331. The van der Waals surface area contributed by atoms with Gasteiger partial charge in [-0.15, -0.1) is 0 Å². The maximum atomic E-state index is 13.3. The molecule has 146 valence electrons. The second-order valence-corrected chi connectivity index (χ2v) is 10.4. The van der Waals surface area contributed by atoms with Crippen molar-refractivity contribution in [2.75, 3.05) is 6.54 Å². The van der Waals surface area contributed by atoms with Crippen LogP contribution in [0.25, 0.3) is 0 Å². The fourth-order valence-corrected chi connectivity index (χ4v) is 6.74.